The van der Waals surface area contributed by atoms with E-state index in [1.807, 2.05) is 0 Å². The second-order valence-corrected chi connectivity index (χ2v) is 6.55. The van der Waals surface area contributed by atoms with Crippen LogP contribution in [0.15, 0.2) is 0 Å². The topological polar surface area (TPSA) is 68.6 Å². The average molecular weight is 440 g/mol. The molecule has 0 aromatic heterocycles. The third-order valence-corrected chi connectivity index (χ3v) is 3.91. The van der Waals surface area contributed by atoms with Gasteiger partial charge in [0.25, 0.3) is 0 Å². The summed E-state index contributed by atoms with van der Waals surface area (Å²) in [5.41, 5.74) is 0. The summed E-state index contributed by atoms with van der Waals surface area (Å²) in [5, 5.41) is 10.2. The van der Waals surface area contributed by atoms with E-state index < -0.39 is 5.97 Å². The molecule has 0 aromatic carbocycles. The number of carboxylic acid groups (broad SMARTS) is 1. The van der Waals surface area contributed by atoms with Crippen molar-refractivity contribution in [3.8, 4) is 0 Å². The van der Waals surface area contributed by atoms with E-state index >= 15 is 0 Å². The monoisotopic (exact) mass is 439 g/mol. The quantitative estimate of drug-likeness (QED) is 0.346. The van der Waals surface area contributed by atoms with Crippen LogP contribution >= 0.6 is 0 Å². The number of hydrogen-bond acceptors (Lipinski definition) is 2. The molecule has 3 nitrogen and oxygen atoms in total. The van der Waals surface area contributed by atoms with Crippen LogP contribution in [0.2, 0.25) is 0 Å². The van der Waals surface area contributed by atoms with Gasteiger partial charge < -0.3 is 15.4 Å². The van der Waals surface area contributed by atoms with Crippen LogP contribution in [-0.4, -0.2) is 5.97 Å². The number of carboxylic acids is 1. The summed E-state index contributed by atoms with van der Waals surface area (Å²) >= 11 is 0. The average Bonchev–Trinajstić information content (AvgIpc) is 2.38. The van der Waals surface area contributed by atoms with Crippen LogP contribution in [0.5, 0.6) is 0 Å². The zero-order valence-corrected chi connectivity index (χ0v) is 17.8. The molecule has 0 saturated carbocycles. The van der Waals surface area contributed by atoms with Gasteiger partial charge in [0, 0.05) is 5.97 Å². The van der Waals surface area contributed by atoms with Gasteiger partial charge in [-0.15, -0.1) is 0 Å². The van der Waals surface area contributed by atoms with Crippen molar-refractivity contribution in [3.63, 3.8) is 0 Å². The molecule has 0 rings (SSSR count). The number of carbonyl (C=O) groups is 1. The minimum Gasteiger partial charge on any atom is -2.00 e. The number of aliphatic carboxylic acids is 1. The van der Waals surface area contributed by atoms with Gasteiger partial charge in [0.1, 0.15) is 0 Å². The molecule has 0 heterocycles. The summed E-state index contributed by atoms with van der Waals surface area (Å²) in [6, 6.07) is 0. The second kappa shape index (κ2) is 21.8. The van der Waals surface area contributed by atoms with Crippen LogP contribution in [0.3, 0.4) is 0 Å². The molecule has 0 aliphatic rings. The van der Waals surface area contributed by atoms with Crippen molar-refractivity contribution in [1.82, 2.24) is 0 Å². The largest absolute Gasteiger partial charge is 3.00 e. The van der Waals surface area contributed by atoms with Crippen LogP contribution < -0.4 is 5.11 Å². The molecular weight excluding hydrogens is 404 g/mol. The molecule has 0 unspecified atom stereocenters. The van der Waals surface area contributed by atoms with Gasteiger partial charge in [-0.2, -0.15) is 0 Å². The predicted molar refractivity (Wildman–Crippen MR) is 85.2 cm³/mol. The molecule has 0 amide bonds. The van der Waals surface area contributed by atoms with Gasteiger partial charge >= 0.3 is 41.7 Å². The summed E-state index contributed by atoms with van der Waals surface area (Å²) < 4.78 is 0. The first-order valence-electron chi connectivity index (χ1n) is 8.82. The SMILES string of the molecule is CC(C)CCCCCCCCCCCCCCC(=O)[O-].[Ce+3].[O-2]. The minimum atomic E-state index is -0.904. The molecule has 4 heteroatoms. The third kappa shape index (κ3) is 25.7. The van der Waals surface area contributed by atoms with Crippen molar-refractivity contribution >= 4 is 5.97 Å². The fraction of sp³-hybridized carbons (Fsp3) is 0.944. The zero-order chi connectivity index (χ0) is 15.1. The molecule has 0 aliphatic carbocycles. The van der Waals surface area contributed by atoms with Crippen molar-refractivity contribution < 1.29 is 57.1 Å². The van der Waals surface area contributed by atoms with Crippen LogP contribution in [-0.2, 0) is 10.3 Å². The first-order valence-corrected chi connectivity index (χ1v) is 8.82. The molecule has 0 atom stereocenters. The van der Waals surface area contributed by atoms with Gasteiger partial charge in [-0.05, 0) is 18.8 Å². The van der Waals surface area contributed by atoms with Crippen molar-refractivity contribution in [2.24, 2.45) is 5.92 Å². The zero-order valence-electron chi connectivity index (χ0n) is 14.7. The number of carbonyl (C=O) groups excluding carboxylic acids is 1. The van der Waals surface area contributed by atoms with Crippen LogP contribution in [0, 0.1) is 47.7 Å². The molecule has 0 fully saturated rings. The Bertz CT molecular complexity index is 220. The van der Waals surface area contributed by atoms with Crippen LogP contribution in [0.25, 0.3) is 0 Å². The Hall–Kier alpha value is 0.807. The summed E-state index contributed by atoms with van der Waals surface area (Å²) in [5.74, 6) is -0.0415. The molecule has 1 radical (unpaired) electrons. The van der Waals surface area contributed by atoms with E-state index in [2.05, 4.69) is 13.8 Å². The first kappa shape index (κ1) is 27.6. The van der Waals surface area contributed by atoms with Gasteiger partial charge in [-0.3, -0.25) is 0 Å². The van der Waals surface area contributed by atoms with E-state index in [1.165, 1.54) is 70.6 Å². The Kier molecular flexibility index (Phi) is 27.4. The molecule has 0 N–H and O–H groups in total. The number of unbranched alkanes of at least 4 members (excludes halogenated alkanes) is 11. The summed E-state index contributed by atoms with van der Waals surface area (Å²) in [7, 11) is 0. The molecule has 0 aliphatic heterocycles. The van der Waals surface area contributed by atoms with Crippen LogP contribution in [0.1, 0.15) is 104 Å². The van der Waals surface area contributed by atoms with Gasteiger partial charge in [0.05, 0.1) is 0 Å². The Morgan fingerprint density at radius 2 is 1.05 bits per heavy atom. The maximum Gasteiger partial charge on any atom is 3.00 e. The molecule has 0 spiro atoms. The molecule has 22 heavy (non-hydrogen) atoms. The normalized spacial score (nSPS) is 10.1. The van der Waals surface area contributed by atoms with Crippen molar-refractivity contribution in [3.05, 3.63) is 0 Å². The van der Waals surface area contributed by atoms with Crippen molar-refractivity contribution in [2.45, 2.75) is 104 Å². The van der Waals surface area contributed by atoms with E-state index in [0.717, 1.165) is 18.8 Å². The van der Waals surface area contributed by atoms with Crippen molar-refractivity contribution in [2.75, 3.05) is 0 Å². The Labute approximate surface area is 171 Å². The van der Waals surface area contributed by atoms with Crippen LogP contribution in [0.4, 0.5) is 0 Å². The smallest absolute Gasteiger partial charge is 2.00 e. The second-order valence-electron chi connectivity index (χ2n) is 6.55. The fourth-order valence-electron chi connectivity index (χ4n) is 2.59. The Morgan fingerprint density at radius 1 is 0.727 bits per heavy atom. The maximum atomic E-state index is 10.2. The molecular formula is C18H35CeO3. The van der Waals surface area contributed by atoms with E-state index in [0.29, 0.717) is 0 Å². The van der Waals surface area contributed by atoms with E-state index in [-0.39, 0.29) is 53.6 Å². The molecule has 0 aromatic rings. The fourth-order valence-corrected chi connectivity index (χ4v) is 2.59. The summed E-state index contributed by atoms with van der Waals surface area (Å²) in [6.07, 6.45) is 17.0. The third-order valence-electron chi connectivity index (χ3n) is 3.91. The van der Waals surface area contributed by atoms with E-state index in [1.54, 1.807) is 0 Å². The molecule has 0 bridgehead atoms. The van der Waals surface area contributed by atoms with E-state index in [9.17, 15) is 9.90 Å². The number of rotatable bonds is 15. The molecule has 0 saturated heterocycles. The Balaban J connectivity index is -0.00000180. The minimum absolute atomic E-state index is 0. The number of hydrogen-bond donors (Lipinski definition) is 0. The van der Waals surface area contributed by atoms with Gasteiger partial charge in [-0.25, -0.2) is 0 Å². The van der Waals surface area contributed by atoms with E-state index in [4.69, 9.17) is 0 Å². The Morgan fingerprint density at radius 3 is 1.36 bits per heavy atom. The van der Waals surface area contributed by atoms with Gasteiger partial charge in [0.2, 0.25) is 0 Å². The molecule has 129 valence electrons. The standard InChI is InChI=1S/C18H36O2.Ce.O/c1-17(2)15-13-11-9-7-5-3-4-6-8-10-12-14-16-18(19)20;;/h17H,3-16H2,1-2H3,(H,19,20);;/q;+3;-2/p-1. The maximum absolute atomic E-state index is 10.2. The van der Waals surface area contributed by atoms with Gasteiger partial charge in [0.15, 0.2) is 0 Å². The predicted octanol–water partition coefficient (Wildman–Crippen LogP) is 4.73. The summed E-state index contributed by atoms with van der Waals surface area (Å²) in [4.78, 5) is 10.2. The summed E-state index contributed by atoms with van der Waals surface area (Å²) in [6.45, 7) is 4.61. The van der Waals surface area contributed by atoms with Gasteiger partial charge in [-0.1, -0.05) is 90.9 Å². The first-order chi connectivity index (χ1) is 9.63. The van der Waals surface area contributed by atoms with Crippen molar-refractivity contribution in [1.29, 1.82) is 0 Å².